The summed E-state index contributed by atoms with van der Waals surface area (Å²) in [6, 6.07) is 0.346. The number of hydrogen-bond acceptors (Lipinski definition) is 8. The number of hydrogen-bond donors (Lipinski definition) is 2. The SMILES string of the molecule is CC(C)NC(=O)CSSC(C)(C)CCC([NH-])=O.CC(C)NC(=O)CSSC(C)CCC([NH-])=O.[V].[V]. The molecule has 0 aliphatic carbocycles. The van der Waals surface area contributed by atoms with Gasteiger partial charge >= 0.3 is 0 Å². The fourth-order valence-corrected chi connectivity index (χ4v) is 6.69. The summed E-state index contributed by atoms with van der Waals surface area (Å²) in [5.41, 5.74) is 13.6. The van der Waals surface area contributed by atoms with E-state index < -0.39 is 11.8 Å². The Hall–Kier alpha value is 0.449. The van der Waals surface area contributed by atoms with E-state index in [0.29, 0.717) is 36.0 Å². The van der Waals surface area contributed by atoms with Gasteiger partial charge in [0.25, 0.3) is 0 Å². The van der Waals surface area contributed by atoms with Crippen molar-refractivity contribution in [2.45, 2.75) is 96.2 Å². The second-order valence-corrected chi connectivity index (χ2v) is 14.4. The maximum Gasteiger partial charge on any atom is 0.231 e. The van der Waals surface area contributed by atoms with E-state index in [9.17, 15) is 19.2 Å². The van der Waals surface area contributed by atoms with Gasteiger partial charge in [-0.2, -0.15) is 0 Å². The molecule has 0 bridgehead atoms. The van der Waals surface area contributed by atoms with Crippen molar-refractivity contribution in [2.75, 3.05) is 11.5 Å². The molecule has 14 heteroatoms. The van der Waals surface area contributed by atoms with Crippen molar-refractivity contribution in [3.8, 4) is 0 Å². The Balaban J connectivity index is -0.000000260. The van der Waals surface area contributed by atoms with Crippen molar-refractivity contribution in [2.24, 2.45) is 0 Å². The second-order valence-electron chi connectivity index (χ2n) is 8.60. The number of amides is 4. The minimum Gasteiger partial charge on any atom is -0.668 e. The molecule has 0 spiro atoms. The van der Waals surface area contributed by atoms with Gasteiger partial charge in [0, 0.05) is 71.0 Å². The molecule has 0 aromatic rings. The molecule has 8 nitrogen and oxygen atoms in total. The number of nitrogens with one attached hydrogen (secondary N) is 4. The third-order valence-corrected chi connectivity index (χ3v) is 9.57. The van der Waals surface area contributed by atoms with E-state index in [4.69, 9.17) is 11.5 Å². The molecule has 204 valence electrons. The Morgan fingerprint density at radius 2 is 1.20 bits per heavy atom. The summed E-state index contributed by atoms with van der Waals surface area (Å²) in [7, 11) is 6.18. The third-order valence-electron chi connectivity index (χ3n) is 3.53. The van der Waals surface area contributed by atoms with Crippen molar-refractivity contribution >= 4 is 66.8 Å². The molecule has 0 heterocycles. The van der Waals surface area contributed by atoms with Crippen LogP contribution in [-0.2, 0) is 56.3 Å². The molecule has 4 N–H and O–H groups in total. The largest absolute Gasteiger partial charge is 0.668 e. The van der Waals surface area contributed by atoms with E-state index in [1.54, 1.807) is 21.6 Å². The zero-order valence-electron chi connectivity index (χ0n) is 21.6. The number of rotatable bonds is 16. The molecule has 0 aromatic carbocycles. The van der Waals surface area contributed by atoms with Crippen LogP contribution in [0.1, 0.15) is 74.1 Å². The predicted molar refractivity (Wildman–Crippen MR) is 147 cm³/mol. The van der Waals surface area contributed by atoms with Gasteiger partial charge in [0.05, 0.1) is 11.5 Å². The van der Waals surface area contributed by atoms with E-state index in [2.05, 4.69) is 10.6 Å². The average molecular weight is 643 g/mol. The Kier molecular flexibility index (Phi) is 30.1. The van der Waals surface area contributed by atoms with Crippen molar-refractivity contribution < 1.29 is 56.3 Å². The molecular weight excluding hydrogens is 602 g/mol. The van der Waals surface area contributed by atoms with Crippen molar-refractivity contribution in [3.63, 3.8) is 0 Å². The summed E-state index contributed by atoms with van der Waals surface area (Å²) in [5, 5.41) is 5.93. The van der Waals surface area contributed by atoms with Gasteiger partial charge in [0.2, 0.25) is 11.8 Å². The van der Waals surface area contributed by atoms with Crippen LogP contribution in [0, 0.1) is 0 Å². The van der Waals surface area contributed by atoms with E-state index in [-0.39, 0.29) is 72.2 Å². The average Bonchev–Trinajstić information content (AvgIpc) is 2.64. The van der Waals surface area contributed by atoms with Crippen LogP contribution in [0.5, 0.6) is 0 Å². The second kappa shape index (κ2) is 24.8. The quantitative estimate of drug-likeness (QED) is 0.206. The molecule has 0 aliphatic heterocycles. The van der Waals surface area contributed by atoms with Gasteiger partial charge in [-0.1, -0.05) is 50.1 Å². The van der Waals surface area contributed by atoms with Crippen LogP contribution in [0.25, 0.3) is 11.5 Å². The van der Waals surface area contributed by atoms with Crippen LogP contribution >= 0.6 is 43.2 Å². The van der Waals surface area contributed by atoms with Gasteiger partial charge in [-0.3, -0.25) is 9.59 Å². The molecule has 0 saturated heterocycles. The fourth-order valence-electron chi connectivity index (χ4n) is 2.01. The first kappa shape index (κ1) is 42.5. The monoisotopic (exact) mass is 642 g/mol. The molecular formula is C21H40N4O4S4V2-2. The van der Waals surface area contributed by atoms with E-state index in [1.807, 2.05) is 48.5 Å². The van der Waals surface area contributed by atoms with Crippen molar-refractivity contribution in [1.82, 2.24) is 10.6 Å². The van der Waals surface area contributed by atoms with Crippen LogP contribution < -0.4 is 10.6 Å². The molecule has 0 aliphatic rings. The zero-order valence-corrected chi connectivity index (χ0v) is 27.7. The smallest absolute Gasteiger partial charge is 0.231 e. The topological polar surface area (TPSA) is 140 Å². The molecule has 0 saturated carbocycles. The number of carbonyl (C=O) groups excluding carboxylic acids is 4. The summed E-state index contributed by atoms with van der Waals surface area (Å²) < 4.78 is -0.0838. The first-order chi connectivity index (χ1) is 15.1. The Labute approximate surface area is 251 Å². The molecule has 4 amide bonds. The minimum atomic E-state index is -0.527. The molecule has 0 aromatic heterocycles. The van der Waals surface area contributed by atoms with E-state index in [1.165, 1.54) is 21.6 Å². The Morgan fingerprint density at radius 3 is 1.60 bits per heavy atom. The summed E-state index contributed by atoms with van der Waals surface area (Å²) in [6.07, 6.45) is 1.94. The minimum absolute atomic E-state index is 0. The predicted octanol–water partition coefficient (Wildman–Crippen LogP) is 5.66. The summed E-state index contributed by atoms with van der Waals surface area (Å²) in [5.74, 6) is -0.124. The number of carbonyl (C=O) groups is 4. The van der Waals surface area contributed by atoms with Gasteiger partial charge in [0.1, 0.15) is 0 Å². The fraction of sp³-hybridized carbons (Fsp3) is 0.810. The Bertz CT molecular complexity index is 616. The summed E-state index contributed by atoms with van der Waals surface area (Å²) >= 11 is 0. The van der Waals surface area contributed by atoms with E-state index >= 15 is 0 Å². The molecule has 2 radical (unpaired) electrons. The van der Waals surface area contributed by atoms with Crippen LogP contribution in [0.2, 0.25) is 0 Å². The van der Waals surface area contributed by atoms with E-state index in [0.717, 1.165) is 0 Å². The van der Waals surface area contributed by atoms with Crippen molar-refractivity contribution in [3.05, 3.63) is 11.5 Å². The van der Waals surface area contributed by atoms with Gasteiger partial charge in [-0.15, -0.1) is 0 Å². The summed E-state index contributed by atoms with van der Waals surface area (Å²) in [6.45, 7) is 13.8. The van der Waals surface area contributed by atoms with Crippen LogP contribution in [0.3, 0.4) is 0 Å². The maximum absolute atomic E-state index is 11.4. The molecule has 1 unspecified atom stereocenters. The third kappa shape index (κ3) is 34.4. The molecule has 0 fully saturated rings. The molecule has 1 atom stereocenters. The van der Waals surface area contributed by atoms with Gasteiger partial charge in [0.15, 0.2) is 0 Å². The standard InChI is InChI=1S/C11H22N2O2S2.C10H20N2O2S2.2V/c1-8(2)13-10(15)7-16-17-11(3,4)6-5-9(12)14;1-7(2)12-10(14)6-15-16-8(3)4-5-9(11)13;;/h8H,5-7H2,1-4H3,(H3,12,13,14,15);7-8H,4-6H2,1-3H3,(H3,11,12,13,14);;/p-2. The first-order valence-electron chi connectivity index (χ1n) is 10.8. The van der Waals surface area contributed by atoms with Crippen molar-refractivity contribution in [1.29, 1.82) is 0 Å². The van der Waals surface area contributed by atoms with Crippen LogP contribution in [0.15, 0.2) is 0 Å². The Morgan fingerprint density at radius 1 is 0.771 bits per heavy atom. The van der Waals surface area contributed by atoms with Crippen LogP contribution in [-0.4, -0.2) is 57.2 Å². The van der Waals surface area contributed by atoms with Gasteiger partial charge in [-0.05, 0) is 67.2 Å². The summed E-state index contributed by atoms with van der Waals surface area (Å²) in [4.78, 5) is 43.7. The normalized spacial score (nSPS) is 11.3. The molecule has 35 heavy (non-hydrogen) atoms. The maximum atomic E-state index is 11.4. The van der Waals surface area contributed by atoms with Gasteiger partial charge in [-0.25, -0.2) is 0 Å². The van der Waals surface area contributed by atoms with Crippen LogP contribution in [0.4, 0.5) is 0 Å². The first-order valence-corrected chi connectivity index (χ1v) is 15.5. The van der Waals surface area contributed by atoms with Gasteiger partial charge < -0.3 is 31.7 Å². The molecule has 0 rings (SSSR count). The zero-order chi connectivity index (χ0) is 26.0.